The molecular weight excluding hydrogens is 475 g/mol. The summed E-state index contributed by atoms with van der Waals surface area (Å²) < 4.78 is 1.79. The normalized spacial score (nSPS) is 10.9. The zero-order chi connectivity index (χ0) is 18.8. The third-order valence-corrected chi connectivity index (χ3v) is 4.65. The molecule has 0 aliphatic carbocycles. The van der Waals surface area contributed by atoms with E-state index in [-0.39, 0.29) is 36.4 Å². The number of carbonyl (C=O) groups is 1. The number of nitrogens with zero attached hydrogens (tertiary/aromatic N) is 4. The van der Waals surface area contributed by atoms with Crippen LogP contribution >= 0.6 is 35.7 Å². The minimum absolute atomic E-state index is 0. The molecule has 2 N–H and O–H groups in total. The number of likely N-dealkylation sites (N-methyl/N-ethyl adjacent to an activating group) is 1. The molecule has 148 valence electrons. The Labute approximate surface area is 182 Å². The molecule has 2 aromatic rings. The van der Waals surface area contributed by atoms with Crippen molar-refractivity contribution < 1.29 is 4.79 Å². The van der Waals surface area contributed by atoms with E-state index in [2.05, 4.69) is 32.9 Å². The van der Waals surface area contributed by atoms with Gasteiger partial charge in [-0.05, 0) is 18.2 Å². The van der Waals surface area contributed by atoms with Crippen molar-refractivity contribution in [2.45, 2.75) is 11.4 Å². The second-order valence-electron chi connectivity index (χ2n) is 5.84. The maximum Gasteiger partial charge on any atom is 0.241 e. The lowest BCUT2D eigenvalue weighted by Gasteiger charge is -2.15. The summed E-state index contributed by atoms with van der Waals surface area (Å²) in [4.78, 5) is 19.2. The van der Waals surface area contributed by atoms with Crippen molar-refractivity contribution in [2.24, 2.45) is 12.0 Å². The zero-order valence-electron chi connectivity index (χ0n) is 15.9. The number of rotatable bonds is 8. The van der Waals surface area contributed by atoms with E-state index >= 15 is 0 Å². The monoisotopic (exact) mass is 502 g/mol. The van der Waals surface area contributed by atoms with Crippen LogP contribution < -0.4 is 10.6 Å². The molecule has 0 unspecified atom stereocenters. The number of aliphatic imine (C=N–C) groups is 1. The summed E-state index contributed by atoms with van der Waals surface area (Å²) in [5.41, 5.74) is 1.00. The summed E-state index contributed by atoms with van der Waals surface area (Å²) in [6.45, 7) is 1.44. The number of hydrogen-bond acceptors (Lipinski definition) is 4. The summed E-state index contributed by atoms with van der Waals surface area (Å²) >= 11 is 1.78. The van der Waals surface area contributed by atoms with Crippen LogP contribution in [-0.4, -0.2) is 59.5 Å². The predicted octanol–water partition coefficient (Wildman–Crippen LogP) is 1.95. The van der Waals surface area contributed by atoms with Gasteiger partial charge in [-0.2, -0.15) is 5.10 Å². The first kappa shape index (κ1) is 23.3. The van der Waals surface area contributed by atoms with Crippen LogP contribution in [0.1, 0.15) is 5.69 Å². The number of nitrogens with one attached hydrogen (secondary N) is 2. The SMILES string of the molecule is CN(C)C(=O)CNC(=NCc1ccnn1C)NCCSc1ccccc1.I. The van der Waals surface area contributed by atoms with E-state index in [1.165, 1.54) is 4.90 Å². The minimum Gasteiger partial charge on any atom is -0.356 e. The molecule has 7 nitrogen and oxygen atoms in total. The van der Waals surface area contributed by atoms with E-state index in [0.717, 1.165) is 18.0 Å². The molecule has 0 spiro atoms. The number of aromatic nitrogens is 2. The highest BCUT2D eigenvalue weighted by atomic mass is 127. The molecule has 0 bridgehead atoms. The molecule has 1 amide bonds. The molecule has 0 aliphatic heterocycles. The van der Waals surface area contributed by atoms with E-state index in [1.807, 2.05) is 31.3 Å². The largest absolute Gasteiger partial charge is 0.356 e. The summed E-state index contributed by atoms with van der Waals surface area (Å²) in [5.74, 6) is 1.52. The molecule has 2 rings (SSSR count). The lowest BCUT2D eigenvalue weighted by molar-refractivity contribution is -0.127. The van der Waals surface area contributed by atoms with Gasteiger partial charge in [-0.15, -0.1) is 35.7 Å². The average Bonchev–Trinajstić information content (AvgIpc) is 3.05. The highest BCUT2D eigenvalue weighted by molar-refractivity contribution is 14.0. The van der Waals surface area contributed by atoms with Crippen LogP contribution in [0, 0.1) is 0 Å². The summed E-state index contributed by atoms with van der Waals surface area (Å²) in [6, 6.07) is 12.2. The highest BCUT2D eigenvalue weighted by Crippen LogP contribution is 2.15. The second-order valence-corrected chi connectivity index (χ2v) is 7.01. The molecule has 0 saturated heterocycles. The molecule has 0 radical (unpaired) electrons. The van der Waals surface area contributed by atoms with Crippen molar-refractivity contribution in [2.75, 3.05) is 32.9 Å². The van der Waals surface area contributed by atoms with Crippen molar-refractivity contribution in [3.8, 4) is 0 Å². The minimum atomic E-state index is -0.00121. The number of thioether (sulfide) groups is 1. The topological polar surface area (TPSA) is 74.5 Å². The quantitative estimate of drug-likeness (QED) is 0.190. The Hall–Kier alpha value is -1.75. The predicted molar refractivity (Wildman–Crippen MR) is 122 cm³/mol. The smallest absolute Gasteiger partial charge is 0.241 e. The zero-order valence-corrected chi connectivity index (χ0v) is 19.0. The van der Waals surface area contributed by atoms with Crippen LogP contribution in [0.15, 0.2) is 52.5 Å². The van der Waals surface area contributed by atoms with Gasteiger partial charge in [0.15, 0.2) is 5.96 Å². The summed E-state index contributed by atoms with van der Waals surface area (Å²) in [7, 11) is 5.36. The van der Waals surface area contributed by atoms with Gasteiger partial charge in [0.05, 0.1) is 18.8 Å². The van der Waals surface area contributed by atoms with Crippen LogP contribution in [0.5, 0.6) is 0 Å². The van der Waals surface area contributed by atoms with Gasteiger partial charge in [0.25, 0.3) is 0 Å². The fraction of sp³-hybridized carbons (Fsp3) is 0.389. The van der Waals surface area contributed by atoms with Crippen LogP contribution in [0.25, 0.3) is 0 Å². The van der Waals surface area contributed by atoms with E-state index in [9.17, 15) is 4.79 Å². The number of amides is 1. The Morgan fingerprint density at radius 1 is 1.22 bits per heavy atom. The molecule has 1 aromatic heterocycles. The lowest BCUT2D eigenvalue weighted by Crippen LogP contribution is -2.43. The van der Waals surface area contributed by atoms with Gasteiger partial charge in [-0.3, -0.25) is 9.48 Å². The van der Waals surface area contributed by atoms with Crippen molar-refractivity contribution in [3.63, 3.8) is 0 Å². The van der Waals surface area contributed by atoms with Crippen molar-refractivity contribution in [1.82, 2.24) is 25.3 Å². The Kier molecular flexibility index (Phi) is 10.9. The average molecular weight is 502 g/mol. The van der Waals surface area contributed by atoms with Gasteiger partial charge >= 0.3 is 0 Å². The molecule has 0 aliphatic rings. The van der Waals surface area contributed by atoms with E-state index in [4.69, 9.17) is 0 Å². The molecular formula is C18H27IN6OS. The van der Waals surface area contributed by atoms with E-state index in [0.29, 0.717) is 12.5 Å². The number of aryl methyl sites for hydroxylation is 1. The van der Waals surface area contributed by atoms with Gasteiger partial charge in [-0.25, -0.2) is 4.99 Å². The first-order chi connectivity index (χ1) is 12.6. The van der Waals surface area contributed by atoms with Gasteiger partial charge in [-0.1, -0.05) is 18.2 Å². The van der Waals surface area contributed by atoms with Gasteiger partial charge in [0.1, 0.15) is 0 Å². The Bertz CT molecular complexity index is 720. The Morgan fingerprint density at radius 2 is 1.96 bits per heavy atom. The van der Waals surface area contributed by atoms with Gasteiger partial charge < -0.3 is 15.5 Å². The molecule has 9 heteroatoms. The third-order valence-electron chi connectivity index (χ3n) is 3.63. The first-order valence-electron chi connectivity index (χ1n) is 8.43. The molecule has 0 fully saturated rings. The fourth-order valence-corrected chi connectivity index (χ4v) is 2.85. The molecule has 1 heterocycles. The Balaban J connectivity index is 0.00000364. The molecule has 0 saturated carbocycles. The summed E-state index contributed by atoms with van der Waals surface area (Å²) in [6.07, 6.45) is 1.75. The van der Waals surface area contributed by atoms with Crippen molar-refractivity contribution >= 4 is 47.6 Å². The standard InChI is InChI=1S/C18H26N6OS.HI/c1-23(2)17(25)14-21-18(20-13-15-9-10-22-24(15)3)19-11-12-26-16-7-5-4-6-8-16;/h4-10H,11-14H2,1-3H3,(H2,19,20,21);1H. The number of carbonyl (C=O) groups excluding carboxylic acids is 1. The number of halogens is 1. The van der Waals surface area contributed by atoms with Gasteiger partial charge in [0, 0.05) is 44.5 Å². The van der Waals surface area contributed by atoms with E-state index < -0.39 is 0 Å². The van der Waals surface area contributed by atoms with Crippen LogP contribution in [0.3, 0.4) is 0 Å². The van der Waals surface area contributed by atoms with Crippen molar-refractivity contribution in [1.29, 1.82) is 0 Å². The number of benzene rings is 1. The van der Waals surface area contributed by atoms with Crippen molar-refractivity contribution in [3.05, 3.63) is 48.3 Å². The van der Waals surface area contributed by atoms with E-state index in [1.54, 1.807) is 41.6 Å². The van der Waals surface area contributed by atoms with Crippen LogP contribution in [0.4, 0.5) is 0 Å². The Morgan fingerprint density at radius 3 is 2.59 bits per heavy atom. The number of guanidine groups is 1. The first-order valence-corrected chi connectivity index (χ1v) is 9.42. The molecule has 0 atom stereocenters. The highest BCUT2D eigenvalue weighted by Gasteiger charge is 2.06. The number of hydrogen-bond donors (Lipinski definition) is 2. The lowest BCUT2D eigenvalue weighted by atomic mass is 10.4. The maximum atomic E-state index is 11.8. The molecule has 27 heavy (non-hydrogen) atoms. The maximum absolute atomic E-state index is 11.8. The van der Waals surface area contributed by atoms with Crippen LogP contribution in [0.2, 0.25) is 0 Å². The fourth-order valence-electron chi connectivity index (χ4n) is 2.06. The second kappa shape index (κ2) is 12.6. The van der Waals surface area contributed by atoms with Crippen LogP contribution in [-0.2, 0) is 18.4 Å². The summed E-state index contributed by atoms with van der Waals surface area (Å²) in [5, 5.41) is 10.5. The third kappa shape index (κ3) is 8.65. The van der Waals surface area contributed by atoms with Gasteiger partial charge in [0.2, 0.25) is 5.91 Å². The molecule has 1 aromatic carbocycles.